The highest BCUT2D eigenvalue weighted by atomic mass is 32.2. The van der Waals surface area contributed by atoms with E-state index < -0.39 is 6.61 Å². The van der Waals surface area contributed by atoms with E-state index in [1.807, 2.05) is 18.0 Å². The van der Waals surface area contributed by atoms with Gasteiger partial charge in [0.15, 0.2) is 5.16 Å². The van der Waals surface area contributed by atoms with Gasteiger partial charge >= 0.3 is 6.61 Å². The molecule has 1 fully saturated rings. The molecule has 8 heteroatoms. The monoisotopic (exact) mass is 393 g/mol. The number of ether oxygens (including phenoxy) is 1. The summed E-state index contributed by atoms with van der Waals surface area (Å²) in [7, 11) is 0. The van der Waals surface area contributed by atoms with Crippen LogP contribution in [0, 0.1) is 6.92 Å². The number of benzene rings is 1. The number of fused-ring (bicyclic) bond motifs is 1. The van der Waals surface area contributed by atoms with Crippen molar-refractivity contribution < 1.29 is 13.5 Å². The van der Waals surface area contributed by atoms with Gasteiger partial charge in [-0.1, -0.05) is 11.8 Å². The second kappa shape index (κ2) is 7.44. The van der Waals surface area contributed by atoms with E-state index in [-0.39, 0.29) is 5.75 Å². The minimum absolute atomic E-state index is 0.120. The molecule has 0 radical (unpaired) electrons. The first kappa shape index (κ1) is 17.6. The SMILES string of the molecule is Cc1c(SC2CC2)ccnc1CSc1nc2ccc(OC(F)F)cc2[nH]1. The Labute approximate surface area is 158 Å². The summed E-state index contributed by atoms with van der Waals surface area (Å²) in [5.74, 6) is 0.820. The average Bonchev–Trinajstić information content (AvgIpc) is 3.32. The van der Waals surface area contributed by atoms with Crippen molar-refractivity contribution in [3.8, 4) is 5.75 Å². The molecule has 4 rings (SSSR count). The second-order valence-electron chi connectivity index (χ2n) is 6.09. The van der Waals surface area contributed by atoms with E-state index in [4.69, 9.17) is 0 Å². The fourth-order valence-corrected chi connectivity index (χ4v) is 4.62. The first-order valence-corrected chi connectivity index (χ1v) is 10.1. The number of H-pyrrole nitrogens is 1. The Morgan fingerprint density at radius 1 is 1.31 bits per heavy atom. The number of aromatic amines is 1. The number of alkyl halides is 2. The molecule has 1 aromatic carbocycles. The van der Waals surface area contributed by atoms with Crippen LogP contribution < -0.4 is 4.74 Å². The van der Waals surface area contributed by atoms with E-state index in [1.165, 1.54) is 35.4 Å². The quantitative estimate of drug-likeness (QED) is 0.544. The fourth-order valence-electron chi connectivity index (χ4n) is 2.54. The zero-order chi connectivity index (χ0) is 18.1. The number of halogens is 2. The zero-order valence-corrected chi connectivity index (χ0v) is 15.7. The number of pyridine rings is 1. The van der Waals surface area contributed by atoms with Crippen LogP contribution in [0.4, 0.5) is 8.78 Å². The average molecular weight is 393 g/mol. The van der Waals surface area contributed by atoms with Gasteiger partial charge in [0.25, 0.3) is 0 Å². The van der Waals surface area contributed by atoms with E-state index in [2.05, 4.69) is 32.7 Å². The molecule has 1 saturated carbocycles. The van der Waals surface area contributed by atoms with Gasteiger partial charge in [-0.25, -0.2) is 4.98 Å². The Morgan fingerprint density at radius 3 is 2.92 bits per heavy atom. The molecule has 1 N–H and O–H groups in total. The third kappa shape index (κ3) is 4.12. The molecule has 0 bridgehead atoms. The Bertz CT molecular complexity index is 928. The van der Waals surface area contributed by atoms with Crippen LogP contribution >= 0.6 is 23.5 Å². The number of imidazole rings is 1. The first-order valence-electron chi connectivity index (χ1n) is 8.27. The summed E-state index contributed by atoms with van der Waals surface area (Å²) in [6, 6.07) is 6.78. The van der Waals surface area contributed by atoms with Crippen molar-refractivity contribution in [3.05, 3.63) is 41.7 Å². The van der Waals surface area contributed by atoms with Crippen LogP contribution in [0.15, 0.2) is 40.5 Å². The summed E-state index contributed by atoms with van der Waals surface area (Å²) in [5, 5.41) is 1.49. The number of rotatable bonds is 7. The van der Waals surface area contributed by atoms with E-state index in [1.54, 1.807) is 17.8 Å². The second-order valence-corrected chi connectivity index (χ2v) is 8.39. The Balaban J connectivity index is 1.47. The predicted octanol–water partition coefficient (Wildman–Crippen LogP) is 5.41. The van der Waals surface area contributed by atoms with Crippen LogP contribution in [-0.2, 0) is 5.75 Å². The zero-order valence-electron chi connectivity index (χ0n) is 14.0. The highest BCUT2D eigenvalue weighted by Gasteiger charge is 2.23. The highest BCUT2D eigenvalue weighted by molar-refractivity contribution is 8.00. The Hall–Kier alpha value is -1.80. The van der Waals surface area contributed by atoms with Crippen LogP contribution in [0.25, 0.3) is 11.0 Å². The summed E-state index contributed by atoms with van der Waals surface area (Å²) in [6.07, 6.45) is 4.46. The van der Waals surface area contributed by atoms with Crippen molar-refractivity contribution in [3.63, 3.8) is 0 Å². The lowest BCUT2D eigenvalue weighted by Crippen LogP contribution is -2.01. The molecular weight excluding hydrogens is 376 g/mol. The van der Waals surface area contributed by atoms with Crippen molar-refractivity contribution in [1.29, 1.82) is 0 Å². The standard InChI is InChI=1S/C18H17F2N3OS2/c1-10-15(21-7-6-16(10)26-12-3-4-12)9-25-18-22-13-5-2-11(24-17(19)20)8-14(13)23-18/h2,5-8,12,17H,3-4,9H2,1H3,(H,22,23). The lowest BCUT2D eigenvalue weighted by Gasteiger charge is -2.08. The van der Waals surface area contributed by atoms with Gasteiger partial charge in [0, 0.05) is 28.2 Å². The molecule has 2 heterocycles. The van der Waals surface area contributed by atoms with E-state index >= 15 is 0 Å². The van der Waals surface area contributed by atoms with Crippen molar-refractivity contribution in [2.75, 3.05) is 0 Å². The molecule has 0 amide bonds. The number of hydrogen-bond donors (Lipinski definition) is 1. The first-order chi connectivity index (χ1) is 12.6. The van der Waals surface area contributed by atoms with Crippen molar-refractivity contribution in [1.82, 2.24) is 15.0 Å². The largest absolute Gasteiger partial charge is 0.435 e. The van der Waals surface area contributed by atoms with Gasteiger partial charge in [0.2, 0.25) is 0 Å². The van der Waals surface area contributed by atoms with Crippen LogP contribution in [0.2, 0.25) is 0 Å². The maximum absolute atomic E-state index is 12.3. The molecular formula is C18H17F2N3OS2. The number of nitrogens with zero attached hydrogens (tertiary/aromatic N) is 2. The van der Waals surface area contributed by atoms with Crippen molar-refractivity contribution in [2.45, 2.75) is 47.4 Å². The smallest absolute Gasteiger partial charge is 0.387 e. The minimum Gasteiger partial charge on any atom is -0.435 e. The molecule has 26 heavy (non-hydrogen) atoms. The summed E-state index contributed by atoms with van der Waals surface area (Å²) < 4.78 is 29.1. The third-order valence-corrected chi connectivity index (χ3v) is 6.46. The van der Waals surface area contributed by atoms with Gasteiger partial charge in [-0.05, 0) is 43.5 Å². The summed E-state index contributed by atoms with van der Waals surface area (Å²) >= 11 is 3.48. The van der Waals surface area contributed by atoms with Gasteiger partial charge in [0.05, 0.1) is 16.7 Å². The van der Waals surface area contributed by atoms with Crippen molar-refractivity contribution in [2.24, 2.45) is 0 Å². The summed E-state index contributed by atoms with van der Waals surface area (Å²) in [4.78, 5) is 13.4. The molecule has 1 aliphatic rings. The maximum Gasteiger partial charge on any atom is 0.387 e. The molecule has 0 saturated heterocycles. The van der Waals surface area contributed by atoms with E-state index in [0.717, 1.165) is 21.6 Å². The van der Waals surface area contributed by atoms with E-state index in [9.17, 15) is 8.78 Å². The van der Waals surface area contributed by atoms with Crippen LogP contribution in [0.3, 0.4) is 0 Å². The lowest BCUT2D eigenvalue weighted by atomic mass is 10.2. The molecule has 1 aliphatic carbocycles. The Kier molecular flexibility index (Phi) is 5.04. The Morgan fingerprint density at radius 2 is 2.15 bits per heavy atom. The molecule has 4 nitrogen and oxygen atoms in total. The van der Waals surface area contributed by atoms with Gasteiger partial charge in [-0.2, -0.15) is 8.78 Å². The third-order valence-electron chi connectivity index (χ3n) is 4.08. The topological polar surface area (TPSA) is 50.8 Å². The maximum atomic E-state index is 12.3. The lowest BCUT2D eigenvalue weighted by molar-refractivity contribution is -0.0497. The highest BCUT2D eigenvalue weighted by Crippen LogP contribution is 2.41. The van der Waals surface area contributed by atoms with Crippen LogP contribution in [0.1, 0.15) is 24.1 Å². The number of hydrogen-bond acceptors (Lipinski definition) is 5. The normalized spacial score (nSPS) is 14.3. The summed E-state index contributed by atoms with van der Waals surface area (Å²) in [5.41, 5.74) is 3.66. The van der Waals surface area contributed by atoms with Gasteiger partial charge in [-0.3, -0.25) is 4.98 Å². The van der Waals surface area contributed by atoms with Crippen molar-refractivity contribution >= 4 is 34.6 Å². The number of nitrogens with one attached hydrogen (secondary N) is 1. The van der Waals surface area contributed by atoms with Gasteiger partial charge in [-0.15, -0.1) is 11.8 Å². The van der Waals surface area contributed by atoms with Gasteiger partial charge < -0.3 is 9.72 Å². The molecule has 0 aliphatic heterocycles. The predicted molar refractivity (Wildman–Crippen MR) is 100 cm³/mol. The molecule has 0 unspecified atom stereocenters. The number of aromatic nitrogens is 3. The molecule has 0 spiro atoms. The fraction of sp³-hybridized carbons (Fsp3) is 0.333. The molecule has 0 atom stereocenters. The molecule has 2 aromatic heterocycles. The molecule has 3 aromatic rings. The number of thioether (sulfide) groups is 2. The molecule has 136 valence electrons. The minimum atomic E-state index is -2.83. The van der Waals surface area contributed by atoms with Crippen LogP contribution in [0.5, 0.6) is 5.75 Å². The van der Waals surface area contributed by atoms with Crippen LogP contribution in [-0.4, -0.2) is 26.8 Å². The van der Waals surface area contributed by atoms with Gasteiger partial charge in [0.1, 0.15) is 5.75 Å². The van der Waals surface area contributed by atoms with E-state index in [0.29, 0.717) is 11.3 Å². The summed E-state index contributed by atoms with van der Waals surface area (Å²) in [6.45, 7) is -0.723.